The molecule has 1 atom stereocenters. The van der Waals surface area contributed by atoms with E-state index in [1.807, 2.05) is 18.8 Å². The van der Waals surface area contributed by atoms with Crippen LogP contribution in [0, 0.1) is 0 Å². The van der Waals surface area contributed by atoms with Crippen LogP contribution in [0.5, 0.6) is 0 Å². The number of thioether (sulfide) groups is 1. The molecular formula is C13H24N2O2S. The molecule has 1 amide bonds. The molecule has 2 rings (SSSR count). The largest absolute Gasteiger partial charge is 0.388 e. The fourth-order valence-electron chi connectivity index (χ4n) is 2.84. The average molecular weight is 272 g/mol. The highest BCUT2D eigenvalue weighted by Gasteiger charge is 2.33. The van der Waals surface area contributed by atoms with Crippen molar-refractivity contribution < 1.29 is 9.90 Å². The SMILES string of the molecule is CN(CC1(O)CCCC1)C(=O)CC1CSCCN1. The first kappa shape index (κ1) is 14.2. The van der Waals surface area contributed by atoms with Gasteiger partial charge in [-0.25, -0.2) is 0 Å². The van der Waals surface area contributed by atoms with Gasteiger partial charge in [0.05, 0.1) is 5.60 Å². The normalized spacial score (nSPS) is 27.1. The first-order chi connectivity index (χ1) is 8.59. The molecule has 104 valence electrons. The number of aliphatic hydroxyl groups is 1. The van der Waals surface area contributed by atoms with E-state index in [-0.39, 0.29) is 5.91 Å². The van der Waals surface area contributed by atoms with Crippen molar-refractivity contribution in [3.05, 3.63) is 0 Å². The monoisotopic (exact) mass is 272 g/mol. The van der Waals surface area contributed by atoms with Gasteiger partial charge in [-0.15, -0.1) is 0 Å². The molecule has 18 heavy (non-hydrogen) atoms. The summed E-state index contributed by atoms with van der Waals surface area (Å²) in [6.45, 7) is 1.49. The number of carbonyl (C=O) groups excluding carboxylic acids is 1. The van der Waals surface area contributed by atoms with E-state index in [1.54, 1.807) is 4.90 Å². The van der Waals surface area contributed by atoms with Crippen LogP contribution in [-0.4, -0.2) is 59.2 Å². The molecule has 1 aliphatic carbocycles. The molecule has 1 aliphatic heterocycles. The van der Waals surface area contributed by atoms with Crippen LogP contribution in [0.2, 0.25) is 0 Å². The van der Waals surface area contributed by atoms with Crippen molar-refractivity contribution in [3.8, 4) is 0 Å². The summed E-state index contributed by atoms with van der Waals surface area (Å²) in [5.41, 5.74) is -0.626. The molecule has 2 aliphatic rings. The van der Waals surface area contributed by atoms with Crippen LogP contribution < -0.4 is 5.32 Å². The summed E-state index contributed by atoms with van der Waals surface area (Å²) >= 11 is 1.91. The van der Waals surface area contributed by atoms with Crippen molar-refractivity contribution in [2.45, 2.75) is 43.7 Å². The van der Waals surface area contributed by atoms with Crippen LogP contribution in [0.1, 0.15) is 32.1 Å². The van der Waals surface area contributed by atoms with Crippen LogP contribution in [-0.2, 0) is 4.79 Å². The van der Waals surface area contributed by atoms with Gasteiger partial charge < -0.3 is 15.3 Å². The summed E-state index contributed by atoms with van der Waals surface area (Å²) in [6, 6.07) is 0.303. The molecular weight excluding hydrogens is 248 g/mol. The minimum Gasteiger partial charge on any atom is -0.388 e. The highest BCUT2D eigenvalue weighted by atomic mass is 32.2. The van der Waals surface area contributed by atoms with Crippen molar-refractivity contribution in [1.82, 2.24) is 10.2 Å². The molecule has 2 fully saturated rings. The summed E-state index contributed by atoms with van der Waals surface area (Å²) in [5, 5.41) is 13.7. The number of rotatable bonds is 4. The van der Waals surface area contributed by atoms with Crippen LogP contribution in [0.4, 0.5) is 0 Å². The van der Waals surface area contributed by atoms with E-state index in [9.17, 15) is 9.90 Å². The molecule has 4 nitrogen and oxygen atoms in total. The van der Waals surface area contributed by atoms with Crippen LogP contribution >= 0.6 is 11.8 Å². The van der Waals surface area contributed by atoms with Gasteiger partial charge in [-0.3, -0.25) is 4.79 Å². The predicted molar refractivity (Wildman–Crippen MR) is 74.8 cm³/mol. The van der Waals surface area contributed by atoms with Gasteiger partial charge in [-0.05, 0) is 12.8 Å². The maximum absolute atomic E-state index is 12.1. The summed E-state index contributed by atoms with van der Waals surface area (Å²) in [7, 11) is 1.81. The van der Waals surface area contributed by atoms with Crippen LogP contribution in [0.25, 0.3) is 0 Å². The molecule has 1 heterocycles. The Labute approximate surface area is 113 Å². The molecule has 0 radical (unpaired) electrons. The number of hydrogen-bond acceptors (Lipinski definition) is 4. The number of amides is 1. The molecule has 1 saturated carbocycles. The molecule has 0 spiro atoms. The Kier molecular flexibility index (Phi) is 4.92. The summed E-state index contributed by atoms with van der Waals surface area (Å²) in [4.78, 5) is 13.8. The Bertz CT molecular complexity index is 287. The van der Waals surface area contributed by atoms with Gasteiger partial charge in [0.25, 0.3) is 0 Å². The van der Waals surface area contributed by atoms with E-state index in [4.69, 9.17) is 0 Å². The lowest BCUT2D eigenvalue weighted by Gasteiger charge is -2.30. The molecule has 2 N–H and O–H groups in total. The van der Waals surface area contributed by atoms with Gasteiger partial charge in [0.15, 0.2) is 0 Å². The molecule has 1 saturated heterocycles. The fraction of sp³-hybridized carbons (Fsp3) is 0.923. The van der Waals surface area contributed by atoms with Crippen molar-refractivity contribution in [3.63, 3.8) is 0 Å². The molecule has 1 unspecified atom stereocenters. The standard InChI is InChI=1S/C13H24N2O2S/c1-15(10-13(17)4-2-3-5-13)12(16)8-11-9-18-7-6-14-11/h11,14,17H,2-10H2,1H3. The molecule has 0 bridgehead atoms. The summed E-state index contributed by atoms with van der Waals surface area (Å²) in [5.74, 6) is 2.31. The quantitative estimate of drug-likeness (QED) is 0.796. The number of carbonyl (C=O) groups is 1. The van der Waals surface area contributed by atoms with Gasteiger partial charge >= 0.3 is 0 Å². The Balaban J connectivity index is 1.77. The maximum Gasteiger partial charge on any atom is 0.224 e. The van der Waals surface area contributed by atoms with E-state index in [0.717, 1.165) is 43.7 Å². The fourth-order valence-corrected chi connectivity index (χ4v) is 3.79. The van der Waals surface area contributed by atoms with Gasteiger partial charge in [-0.2, -0.15) is 11.8 Å². The molecule has 0 aromatic rings. The second-order valence-electron chi connectivity index (χ2n) is 5.61. The molecule has 0 aromatic carbocycles. The van der Waals surface area contributed by atoms with Crippen molar-refractivity contribution in [2.75, 3.05) is 31.6 Å². The molecule has 5 heteroatoms. The number of nitrogens with zero attached hydrogens (tertiary/aromatic N) is 1. The zero-order valence-corrected chi connectivity index (χ0v) is 12.0. The van der Waals surface area contributed by atoms with E-state index in [1.165, 1.54) is 0 Å². The predicted octanol–water partition coefficient (Wildman–Crippen LogP) is 0.845. The van der Waals surface area contributed by atoms with Gasteiger partial charge in [0.2, 0.25) is 5.91 Å². The average Bonchev–Trinajstić information content (AvgIpc) is 2.77. The zero-order chi connectivity index (χ0) is 13.0. The van der Waals surface area contributed by atoms with Crippen molar-refractivity contribution in [2.24, 2.45) is 0 Å². The number of likely N-dealkylation sites (N-methyl/N-ethyl adjacent to an activating group) is 1. The van der Waals surface area contributed by atoms with Crippen LogP contribution in [0.3, 0.4) is 0 Å². The van der Waals surface area contributed by atoms with Crippen molar-refractivity contribution >= 4 is 17.7 Å². The Morgan fingerprint density at radius 2 is 2.22 bits per heavy atom. The van der Waals surface area contributed by atoms with E-state index >= 15 is 0 Å². The topological polar surface area (TPSA) is 52.6 Å². The summed E-state index contributed by atoms with van der Waals surface area (Å²) < 4.78 is 0. The second kappa shape index (κ2) is 6.26. The van der Waals surface area contributed by atoms with Crippen LogP contribution in [0.15, 0.2) is 0 Å². The smallest absolute Gasteiger partial charge is 0.224 e. The van der Waals surface area contributed by atoms with Gasteiger partial charge in [0.1, 0.15) is 0 Å². The highest BCUT2D eigenvalue weighted by Crippen LogP contribution is 2.30. The molecule has 0 aromatic heterocycles. The number of nitrogens with one attached hydrogen (secondary N) is 1. The second-order valence-corrected chi connectivity index (χ2v) is 6.76. The van der Waals surface area contributed by atoms with Gasteiger partial charge in [-0.1, -0.05) is 12.8 Å². The third-order valence-electron chi connectivity index (χ3n) is 3.91. The lowest BCUT2D eigenvalue weighted by atomic mass is 10.0. The zero-order valence-electron chi connectivity index (χ0n) is 11.2. The Morgan fingerprint density at radius 3 is 2.83 bits per heavy atom. The third kappa shape index (κ3) is 3.87. The van der Waals surface area contributed by atoms with E-state index in [0.29, 0.717) is 19.0 Å². The minimum atomic E-state index is -0.626. The third-order valence-corrected chi connectivity index (χ3v) is 5.04. The Hall–Kier alpha value is -0.260. The lowest BCUT2D eigenvalue weighted by Crippen LogP contribution is -2.45. The van der Waals surface area contributed by atoms with E-state index in [2.05, 4.69) is 5.32 Å². The Morgan fingerprint density at radius 1 is 1.50 bits per heavy atom. The summed E-state index contributed by atoms with van der Waals surface area (Å²) in [6.07, 6.45) is 4.39. The number of hydrogen-bond donors (Lipinski definition) is 2. The first-order valence-electron chi connectivity index (χ1n) is 6.87. The van der Waals surface area contributed by atoms with Gasteiger partial charge in [0, 0.05) is 44.1 Å². The van der Waals surface area contributed by atoms with E-state index < -0.39 is 5.60 Å². The van der Waals surface area contributed by atoms with Crippen molar-refractivity contribution in [1.29, 1.82) is 0 Å². The lowest BCUT2D eigenvalue weighted by molar-refractivity contribution is -0.133. The maximum atomic E-state index is 12.1. The first-order valence-corrected chi connectivity index (χ1v) is 8.02. The highest BCUT2D eigenvalue weighted by molar-refractivity contribution is 7.99. The minimum absolute atomic E-state index is 0.148.